The first-order chi connectivity index (χ1) is 12.8. The van der Waals surface area contributed by atoms with Crippen molar-refractivity contribution in [3.63, 3.8) is 0 Å². The number of nitrogens with zero attached hydrogens (tertiary/aromatic N) is 6. The molecular formula is C20H22N6. The van der Waals surface area contributed by atoms with Gasteiger partial charge in [0.25, 0.3) is 0 Å². The lowest BCUT2D eigenvalue weighted by Crippen LogP contribution is -2.32. The fourth-order valence-electron chi connectivity index (χ4n) is 3.23. The average molecular weight is 346 g/mol. The highest BCUT2D eigenvalue weighted by Crippen LogP contribution is 2.22. The predicted octanol–water partition coefficient (Wildman–Crippen LogP) is 2.51. The smallest absolute Gasteiger partial charge is 0.247 e. The maximum Gasteiger partial charge on any atom is 0.247 e. The first-order valence-electron chi connectivity index (χ1n) is 8.91. The monoisotopic (exact) mass is 346 g/mol. The molecule has 0 amide bonds. The minimum absolute atomic E-state index is 0.702. The molecule has 0 bridgehead atoms. The van der Waals surface area contributed by atoms with E-state index in [1.807, 2.05) is 31.6 Å². The molecular weight excluding hydrogens is 324 g/mol. The van der Waals surface area contributed by atoms with Crippen LogP contribution >= 0.6 is 0 Å². The van der Waals surface area contributed by atoms with Crippen molar-refractivity contribution in [1.29, 1.82) is 0 Å². The van der Waals surface area contributed by atoms with Crippen LogP contribution < -0.4 is 9.80 Å². The normalized spacial score (nSPS) is 13.3. The molecule has 0 aliphatic carbocycles. The number of fused-ring (bicyclic) bond motifs is 1. The van der Waals surface area contributed by atoms with Gasteiger partial charge in [-0.25, -0.2) is 0 Å². The zero-order chi connectivity index (χ0) is 17.8. The molecule has 1 aromatic carbocycles. The lowest BCUT2D eigenvalue weighted by atomic mass is 10.0. The Labute approximate surface area is 153 Å². The summed E-state index contributed by atoms with van der Waals surface area (Å²) in [6, 6.07) is 12.7. The molecule has 0 atom stereocenters. The molecule has 2 aromatic heterocycles. The van der Waals surface area contributed by atoms with Gasteiger partial charge < -0.3 is 9.80 Å². The van der Waals surface area contributed by atoms with Crippen molar-refractivity contribution in [2.24, 2.45) is 0 Å². The van der Waals surface area contributed by atoms with Crippen molar-refractivity contribution in [2.75, 3.05) is 29.9 Å². The topological polar surface area (TPSA) is 58.0 Å². The molecule has 6 nitrogen and oxygen atoms in total. The summed E-state index contributed by atoms with van der Waals surface area (Å²) in [6.45, 7) is 2.62. The predicted molar refractivity (Wildman–Crippen MR) is 102 cm³/mol. The van der Waals surface area contributed by atoms with E-state index in [2.05, 4.69) is 49.2 Å². The van der Waals surface area contributed by atoms with Crippen LogP contribution in [-0.2, 0) is 19.4 Å². The summed E-state index contributed by atoms with van der Waals surface area (Å²) in [5.74, 6) is 1.55. The molecule has 3 heterocycles. The summed E-state index contributed by atoms with van der Waals surface area (Å²) >= 11 is 0. The Bertz CT molecular complexity index is 867. The molecule has 0 unspecified atom stereocenters. The van der Waals surface area contributed by atoms with E-state index in [0.717, 1.165) is 38.3 Å². The highest BCUT2D eigenvalue weighted by atomic mass is 15.3. The zero-order valence-corrected chi connectivity index (χ0v) is 14.9. The van der Waals surface area contributed by atoms with Gasteiger partial charge in [0.1, 0.15) is 0 Å². The second-order valence-electron chi connectivity index (χ2n) is 6.58. The molecule has 0 radical (unpaired) electrons. The maximum atomic E-state index is 4.75. The van der Waals surface area contributed by atoms with E-state index in [1.54, 1.807) is 6.20 Å². The van der Waals surface area contributed by atoms with Crippen LogP contribution in [0.3, 0.4) is 0 Å². The number of benzene rings is 1. The number of rotatable bonds is 5. The minimum atomic E-state index is 0.702. The molecule has 0 fully saturated rings. The van der Waals surface area contributed by atoms with Crippen LogP contribution in [-0.4, -0.2) is 40.3 Å². The Kier molecular flexibility index (Phi) is 4.73. The van der Waals surface area contributed by atoms with Crippen molar-refractivity contribution in [1.82, 2.24) is 20.2 Å². The number of likely N-dealkylation sites (N-methyl/N-ethyl adjacent to an activating group) is 1. The van der Waals surface area contributed by atoms with Crippen LogP contribution in [0.15, 0.2) is 55.0 Å². The van der Waals surface area contributed by atoms with Gasteiger partial charge in [0, 0.05) is 39.1 Å². The summed E-state index contributed by atoms with van der Waals surface area (Å²) in [6.07, 6.45) is 7.34. The lowest BCUT2D eigenvalue weighted by molar-refractivity contribution is 0.694. The molecule has 3 aromatic rings. The fraction of sp³-hybridized carbons (Fsp3) is 0.300. The Hall–Kier alpha value is -3.02. The SMILES string of the molecule is CN(CCc1ccncc1)c1cnnc(N2CCc3ccccc3C2)n1. The van der Waals surface area contributed by atoms with Gasteiger partial charge in [-0.3, -0.25) is 4.98 Å². The van der Waals surface area contributed by atoms with Crippen molar-refractivity contribution < 1.29 is 0 Å². The first-order valence-corrected chi connectivity index (χ1v) is 8.91. The molecule has 1 aliphatic heterocycles. The van der Waals surface area contributed by atoms with E-state index >= 15 is 0 Å². The Morgan fingerprint density at radius 2 is 1.88 bits per heavy atom. The van der Waals surface area contributed by atoms with Crippen LogP contribution in [0.25, 0.3) is 0 Å². The third kappa shape index (κ3) is 3.64. The first kappa shape index (κ1) is 16.4. The fourth-order valence-corrected chi connectivity index (χ4v) is 3.23. The molecule has 4 rings (SSSR count). The van der Waals surface area contributed by atoms with E-state index in [0.29, 0.717) is 5.95 Å². The van der Waals surface area contributed by atoms with Crippen LogP contribution in [0.2, 0.25) is 0 Å². The van der Waals surface area contributed by atoms with Crippen molar-refractivity contribution in [3.8, 4) is 0 Å². The number of anilines is 2. The Morgan fingerprint density at radius 3 is 2.73 bits per heavy atom. The average Bonchev–Trinajstić information content (AvgIpc) is 2.72. The number of hydrogen-bond acceptors (Lipinski definition) is 6. The van der Waals surface area contributed by atoms with Gasteiger partial charge in [0.15, 0.2) is 5.82 Å². The van der Waals surface area contributed by atoms with Gasteiger partial charge in [-0.2, -0.15) is 10.1 Å². The van der Waals surface area contributed by atoms with Crippen LogP contribution in [0.1, 0.15) is 16.7 Å². The van der Waals surface area contributed by atoms with Crippen LogP contribution in [0.5, 0.6) is 0 Å². The van der Waals surface area contributed by atoms with Gasteiger partial charge in [-0.05, 0) is 41.7 Å². The summed E-state index contributed by atoms with van der Waals surface area (Å²) in [5.41, 5.74) is 4.03. The molecule has 0 spiro atoms. The number of hydrogen-bond donors (Lipinski definition) is 0. The van der Waals surface area contributed by atoms with Gasteiger partial charge in [0.2, 0.25) is 5.95 Å². The van der Waals surface area contributed by atoms with E-state index < -0.39 is 0 Å². The standard InChI is InChI=1S/C20H22N6/c1-25(12-8-16-6-10-21-11-7-16)19-14-22-24-20(23-19)26-13-9-17-4-2-3-5-18(17)15-26/h2-7,10-11,14H,8-9,12-13,15H2,1H3. The molecule has 0 saturated carbocycles. The van der Waals surface area contributed by atoms with Crippen molar-refractivity contribution >= 4 is 11.8 Å². The second-order valence-corrected chi connectivity index (χ2v) is 6.58. The Morgan fingerprint density at radius 1 is 1.08 bits per heavy atom. The van der Waals surface area contributed by atoms with Gasteiger partial charge >= 0.3 is 0 Å². The second kappa shape index (κ2) is 7.47. The minimum Gasteiger partial charge on any atom is -0.358 e. The molecule has 0 N–H and O–H groups in total. The van der Waals surface area contributed by atoms with E-state index in [9.17, 15) is 0 Å². The van der Waals surface area contributed by atoms with Gasteiger partial charge in [-0.1, -0.05) is 24.3 Å². The maximum absolute atomic E-state index is 4.75. The summed E-state index contributed by atoms with van der Waals surface area (Å²) < 4.78 is 0. The number of pyridine rings is 1. The third-order valence-corrected chi connectivity index (χ3v) is 4.82. The lowest BCUT2D eigenvalue weighted by Gasteiger charge is -2.29. The molecule has 1 aliphatic rings. The van der Waals surface area contributed by atoms with E-state index in [1.165, 1.54) is 16.7 Å². The third-order valence-electron chi connectivity index (χ3n) is 4.82. The van der Waals surface area contributed by atoms with Gasteiger partial charge in [0.05, 0.1) is 6.20 Å². The van der Waals surface area contributed by atoms with Crippen LogP contribution in [0.4, 0.5) is 11.8 Å². The quantitative estimate of drug-likeness (QED) is 0.707. The highest BCUT2D eigenvalue weighted by molar-refractivity contribution is 5.44. The van der Waals surface area contributed by atoms with Crippen molar-refractivity contribution in [2.45, 2.75) is 19.4 Å². The van der Waals surface area contributed by atoms with Crippen molar-refractivity contribution in [3.05, 3.63) is 71.7 Å². The molecule has 0 saturated heterocycles. The van der Waals surface area contributed by atoms with Gasteiger partial charge in [-0.15, -0.1) is 5.10 Å². The molecule has 132 valence electrons. The van der Waals surface area contributed by atoms with Crippen LogP contribution in [0, 0.1) is 0 Å². The largest absolute Gasteiger partial charge is 0.358 e. The zero-order valence-electron chi connectivity index (χ0n) is 14.9. The molecule has 26 heavy (non-hydrogen) atoms. The van der Waals surface area contributed by atoms with E-state index in [-0.39, 0.29) is 0 Å². The van der Waals surface area contributed by atoms with E-state index in [4.69, 9.17) is 4.98 Å². The highest BCUT2D eigenvalue weighted by Gasteiger charge is 2.19. The summed E-state index contributed by atoms with van der Waals surface area (Å²) in [4.78, 5) is 13.1. The molecule has 6 heteroatoms. The summed E-state index contributed by atoms with van der Waals surface area (Å²) in [5, 5.41) is 8.45. The Balaban J connectivity index is 1.45. The summed E-state index contributed by atoms with van der Waals surface area (Å²) in [7, 11) is 2.04. The number of aromatic nitrogens is 4.